The Labute approximate surface area is 142 Å². The van der Waals surface area contributed by atoms with Crippen LogP contribution in [0.15, 0.2) is 36.5 Å². The predicted octanol–water partition coefficient (Wildman–Crippen LogP) is 3.65. The highest BCUT2D eigenvalue weighted by molar-refractivity contribution is 5.95. The van der Waals surface area contributed by atoms with Crippen LogP contribution in [0.2, 0.25) is 0 Å². The third-order valence-corrected chi connectivity index (χ3v) is 4.74. The van der Waals surface area contributed by atoms with E-state index in [0.717, 1.165) is 35.9 Å². The molecule has 1 saturated heterocycles. The van der Waals surface area contributed by atoms with E-state index in [0.29, 0.717) is 12.3 Å². The minimum absolute atomic E-state index is 0.115. The summed E-state index contributed by atoms with van der Waals surface area (Å²) in [6.07, 6.45) is 5.83. The van der Waals surface area contributed by atoms with Gasteiger partial charge in [0.1, 0.15) is 11.6 Å². The number of aromatic nitrogens is 2. The van der Waals surface area contributed by atoms with Gasteiger partial charge in [-0.2, -0.15) is 0 Å². The number of carbonyl (C=O) groups is 1. The second-order valence-electron chi connectivity index (χ2n) is 6.68. The minimum atomic E-state index is 0.115. The van der Waals surface area contributed by atoms with Crippen molar-refractivity contribution in [2.75, 3.05) is 16.8 Å². The van der Waals surface area contributed by atoms with E-state index < -0.39 is 0 Å². The number of nitrogens with one attached hydrogen (secondary N) is 1. The highest BCUT2D eigenvalue weighted by atomic mass is 16.2. The lowest BCUT2D eigenvalue weighted by atomic mass is 10.1. The van der Waals surface area contributed by atoms with Crippen molar-refractivity contribution < 1.29 is 4.79 Å². The number of amides is 1. The molecule has 2 aliphatic rings. The van der Waals surface area contributed by atoms with Gasteiger partial charge in [-0.1, -0.05) is 12.1 Å². The zero-order valence-corrected chi connectivity index (χ0v) is 13.9. The molecule has 0 bridgehead atoms. The van der Waals surface area contributed by atoms with Crippen LogP contribution in [0.5, 0.6) is 0 Å². The monoisotopic (exact) mass is 322 g/mol. The van der Waals surface area contributed by atoms with Crippen molar-refractivity contribution in [2.45, 2.75) is 44.6 Å². The molecule has 1 saturated carbocycles. The van der Waals surface area contributed by atoms with Crippen LogP contribution in [0.1, 0.15) is 56.0 Å². The first-order valence-electron chi connectivity index (χ1n) is 8.70. The first-order valence-corrected chi connectivity index (χ1v) is 8.70. The zero-order chi connectivity index (χ0) is 16.5. The number of anilines is 2. The molecule has 1 unspecified atom stereocenters. The number of nitrogens with zero attached hydrogens (tertiary/aromatic N) is 3. The maximum atomic E-state index is 11.9. The maximum absolute atomic E-state index is 11.9. The summed E-state index contributed by atoms with van der Waals surface area (Å²) < 4.78 is 0. The third-order valence-electron chi connectivity index (χ3n) is 4.74. The van der Waals surface area contributed by atoms with E-state index in [2.05, 4.69) is 34.3 Å². The Bertz CT molecular complexity index is 757. The molecule has 2 heterocycles. The number of rotatable bonds is 5. The van der Waals surface area contributed by atoms with Gasteiger partial charge in [0.2, 0.25) is 5.91 Å². The summed E-state index contributed by atoms with van der Waals surface area (Å²) in [4.78, 5) is 22.8. The second kappa shape index (κ2) is 6.23. The lowest BCUT2D eigenvalue weighted by Gasteiger charge is -2.20. The quantitative estimate of drug-likeness (QED) is 0.913. The molecule has 2 fully saturated rings. The summed E-state index contributed by atoms with van der Waals surface area (Å²) in [5.74, 6) is 2.58. The van der Waals surface area contributed by atoms with Crippen molar-refractivity contribution >= 4 is 17.4 Å². The molecule has 0 radical (unpaired) electrons. The van der Waals surface area contributed by atoms with Gasteiger partial charge >= 0.3 is 0 Å². The van der Waals surface area contributed by atoms with Crippen LogP contribution in [0.3, 0.4) is 0 Å². The van der Waals surface area contributed by atoms with Gasteiger partial charge < -0.3 is 10.2 Å². The molecule has 5 nitrogen and oxygen atoms in total. The molecule has 1 atom stereocenters. The van der Waals surface area contributed by atoms with E-state index in [4.69, 9.17) is 0 Å². The fourth-order valence-electron chi connectivity index (χ4n) is 3.18. The van der Waals surface area contributed by atoms with Crippen molar-refractivity contribution in [1.82, 2.24) is 9.97 Å². The number of hydrogen-bond donors (Lipinski definition) is 1. The van der Waals surface area contributed by atoms with Gasteiger partial charge in [-0.3, -0.25) is 4.79 Å². The topological polar surface area (TPSA) is 58.1 Å². The Balaban J connectivity index is 1.50. The highest BCUT2D eigenvalue weighted by Gasteiger charge is 2.26. The summed E-state index contributed by atoms with van der Waals surface area (Å²) in [5, 5.41) is 3.46. The Morgan fingerprint density at radius 3 is 2.92 bits per heavy atom. The lowest BCUT2D eigenvalue weighted by molar-refractivity contribution is -0.117. The molecular formula is C19H22N4O. The van der Waals surface area contributed by atoms with E-state index in [1.54, 1.807) is 0 Å². The van der Waals surface area contributed by atoms with Crippen LogP contribution in [0.4, 0.5) is 11.5 Å². The summed E-state index contributed by atoms with van der Waals surface area (Å²) >= 11 is 0. The van der Waals surface area contributed by atoms with Gasteiger partial charge in [0.05, 0.1) is 6.04 Å². The predicted molar refractivity (Wildman–Crippen MR) is 94.1 cm³/mol. The van der Waals surface area contributed by atoms with Crippen molar-refractivity contribution in [2.24, 2.45) is 0 Å². The molecule has 5 heteroatoms. The van der Waals surface area contributed by atoms with Gasteiger partial charge in [0.25, 0.3) is 0 Å². The van der Waals surface area contributed by atoms with Crippen LogP contribution < -0.4 is 10.2 Å². The lowest BCUT2D eigenvalue weighted by Crippen LogP contribution is -2.23. The van der Waals surface area contributed by atoms with Gasteiger partial charge in [0, 0.05) is 30.8 Å². The minimum Gasteiger partial charge on any atom is -0.363 e. The normalized spacial score (nSPS) is 18.7. The standard InChI is InChI=1S/C19H22N4O/c1-13(21-17-9-10-20-19(22-17)14-7-8-14)15-4-2-5-16(12-15)23-11-3-6-18(23)24/h2,4-5,9-10,12-14H,3,6-8,11H2,1H3,(H,20,21,22). The van der Waals surface area contributed by atoms with Crippen molar-refractivity contribution in [3.63, 3.8) is 0 Å². The highest BCUT2D eigenvalue weighted by Crippen LogP contribution is 2.38. The van der Waals surface area contributed by atoms with E-state index in [-0.39, 0.29) is 11.9 Å². The fourth-order valence-corrected chi connectivity index (χ4v) is 3.18. The van der Waals surface area contributed by atoms with Crippen LogP contribution in [-0.2, 0) is 4.79 Å². The van der Waals surface area contributed by atoms with E-state index in [9.17, 15) is 4.79 Å². The molecule has 1 aliphatic carbocycles. The molecule has 1 amide bonds. The molecule has 1 aromatic heterocycles. The van der Waals surface area contributed by atoms with E-state index in [1.165, 1.54) is 12.8 Å². The molecule has 24 heavy (non-hydrogen) atoms. The molecule has 124 valence electrons. The number of carbonyl (C=O) groups excluding carboxylic acids is 1. The smallest absolute Gasteiger partial charge is 0.227 e. The van der Waals surface area contributed by atoms with E-state index in [1.807, 2.05) is 29.3 Å². The zero-order valence-electron chi connectivity index (χ0n) is 13.9. The average molecular weight is 322 g/mol. The second-order valence-corrected chi connectivity index (χ2v) is 6.68. The number of hydrogen-bond acceptors (Lipinski definition) is 4. The van der Waals surface area contributed by atoms with Crippen LogP contribution in [-0.4, -0.2) is 22.4 Å². The van der Waals surface area contributed by atoms with E-state index >= 15 is 0 Å². The first-order chi connectivity index (χ1) is 11.7. The van der Waals surface area contributed by atoms with Gasteiger partial charge in [-0.05, 0) is 49.9 Å². The summed E-state index contributed by atoms with van der Waals surface area (Å²) in [6.45, 7) is 2.94. The largest absolute Gasteiger partial charge is 0.363 e. The van der Waals surface area contributed by atoms with Gasteiger partial charge in [-0.25, -0.2) is 9.97 Å². The van der Waals surface area contributed by atoms with Crippen molar-refractivity contribution in [1.29, 1.82) is 0 Å². The number of benzene rings is 1. The summed E-state index contributed by atoms with van der Waals surface area (Å²) in [5.41, 5.74) is 2.14. The molecule has 0 spiro atoms. The first kappa shape index (κ1) is 15.1. The molecule has 1 N–H and O–H groups in total. The molecule has 4 rings (SSSR count). The third kappa shape index (κ3) is 3.11. The van der Waals surface area contributed by atoms with Crippen LogP contribution >= 0.6 is 0 Å². The van der Waals surface area contributed by atoms with Gasteiger partial charge in [0.15, 0.2) is 0 Å². The summed E-state index contributed by atoms with van der Waals surface area (Å²) in [7, 11) is 0. The Hall–Kier alpha value is -2.43. The Morgan fingerprint density at radius 1 is 1.29 bits per heavy atom. The van der Waals surface area contributed by atoms with Crippen LogP contribution in [0, 0.1) is 0 Å². The fraction of sp³-hybridized carbons (Fsp3) is 0.421. The SMILES string of the molecule is CC(Nc1ccnc(C2CC2)n1)c1cccc(N2CCCC2=O)c1. The summed E-state index contributed by atoms with van der Waals surface area (Å²) in [6, 6.07) is 10.2. The van der Waals surface area contributed by atoms with Crippen LogP contribution in [0.25, 0.3) is 0 Å². The van der Waals surface area contributed by atoms with Crippen molar-refractivity contribution in [3.05, 3.63) is 47.9 Å². The Morgan fingerprint density at radius 2 is 2.17 bits per heavy atom. The maximum Gasteiger partial charge on any atom is 0.227 e. The van der Waals surface area contributed by atoms with Crippen molar-refractivity contribution in [3.8, 4) is 0 Å². The Kier molecular flexibility index (Phi) is 3.92. The molecule has 1 aliphatic heterocycles. The average Bonchev–Trinajstić information content (AvgIpc) is 3.37. The molecule has 1 aromatic carbocycles. The molecule has 2 aromatic rings. The van der Waals surface area contributed by atoms with Gasteiger partial charge in [-0.15, -0.1) is 0 Å². The molecular weight excluding hydrogens is 300 g/mol.